The molecule has 0 radical (unpaired) electrons. The molecule has 0 saturated heterocycles. The lowest BCUT2D eigenvalue weighted by atomic mass is 10.1. The summed E-state index contributed by atoms with van der Waals surface area (Å²) in [6.07, 6.45) is 0. The zero-order valence-corrected chi connectivity index (χ0v) is 9.88. The van der Waals surface area contributed by atoms with Crippen molar-refractivity contribution >= 4 is 32.8 Å². The molecule has 0 fully saturated rings. The molecule has 1 N–H and O–H groups in total. The van der Waals surface area contributed by atoms with E-state index >= 15 is 0 Å². The Kier molecular flexibility index (Phi) is 2.48. The van der Waals surface area contributed by atoms with Crippen LogP contribution in [0.4, 0.5) is 0 Å². The summed E-state index contributed by atoms with van der Waals surface area (Å²) in [5, 5.41) is 7.56. The molecule has 0 atom stereocenters. The SMILES string of the molecule is COC(=O)c1[nH]nc2c(C)c(Br)ccc12. The van der Waals surface area contributed by atoms with E-state index in [1.54, 1.807) is 0 Å². The molecule has 2 aromatic rings. The number of carbonyl (C=O) groups is 1. The van der Waals surface area contributed by atoms with Crippen molar-refractivity contribution in [3.63, 3.8) is 0 Å². The van der Waals surface area contributed by atoms with E-state index in [0.717, 1.165) is 20.9 Å². The fourth-order valence-electron chi connectivity index (χ4n) is 1.45. The van der Waals surface area contributed by atoms with Crippen molar-refractivity contribution in [3.05, 3.63) is 27.9 Å². The lowest BCUT2D eigenvalue weighted by Gasteiger charge is -1.99. The van der Waals surface area contributed by atoms with Gasteiger partial charge < -0.3 is 4.74 Å². The number of fused-ring (bicyclic) bond motifs is 1. The van der Waals surface area contributed by atoms with Crippen molar-refractivity contribution in [1.29, 1.82) is 0 Å². The summed E-state index contributed by atoms with van der Waals surface area (Å²) in [5.41, 5.74) is 2.17. The van der Waals surface area contributed by atoms with Crippen LogP contribution in [-0.4, -0.2) is 23.3 Å². The largest absolute Gasteiger partial charge is 0.464 e. The molecule has 0 spiro atoms. The van der Waals surface area contributed by atoms with Gasteiger partial charge in [-0.25, -0.2) is 4.79 Å². The Morgan fingerprint density at radius 3 is 2.93 bits per heavy atom. The fraction of sp³-hybridized carbons (Fsp3) is 0.200. The normalized spacial score (nSPS) is 10.6. The van der Waals surface area contributed by atoms with Gasteiger partial charge in [0.25, 0.3) is 0 Å². The van der Waals surface area contributed by atoms with Crippen LogP contribution in [0.2, 0.25) is 0 Å². The number of H-pyrrole nitrogens is 1. The first-order valence-electron chi connectivity index (χ1n) is 4.36. The third kappa shape index (κ3) is 1.52. The Hall–Kier alpha value is -1.36. The lowest BCUT2D eigenvalue weighted by molar-refractivity contribution is 0.0596. The standard InChI is InChI=1S/C10H9BrN2O2/c1-5-7(11)4-3-6-8(5)12-13-9(6)10(14)15-2/h3-4H,1-2H3,(H,12,13). The molecule has 0 aliphatic carbocycles. The third-order valence-corrected chi connectivity index (χ3v) is 3.16. The van der Waals surface area contributed by atoms with E-state index < -0.39 is 5.97 Å². The number of nitrogens with zero attached hydrogens (tertiary/aromatic N) is 1. The van der Waals surface area contributed by atoms with Gasteiger partial charge in [-0.2, -0.15) is 5.10 Å². The number of aryl methyl sites for hydroxylation is 1. The third-order valence-electron chi connectivity index (χ3n) is 2.30. The predicted octanol–water partition coefficient (Wildman–Crippen LogP) is 2.42. The quantitative estimate of drug-likeness (QED) is 0.809. The highest BCUT2D eigenvalue weighted by molar-refractivity contribution is 9.10. The Morgan fingerprint density at radius 2 is 2.27 bits per heavy atom. The number of ether oxygens (including phenoxy) is 1. The molecule has 78 valence electrons. The minimum absolute atomic E-state index is 0.392. The van der Waals surface area contributed by atoms with Gasteiger partial charge in [0.15, 0.2) is 5.69 Å². The van der Waals surface area contributed by atoms with Crippen LogP contribution in [0.25, 0.3) is 10.9 Å². The molecule has 4 nitrogen and oxygen atoms in total. The first-order valence-corrected chi connectivity index (χ1v) is 5.16. The molecule has 5 heteroatoms. The van der Waals surface area contributed by atoms with Gasteiger partial charge in [-0.05, 0) is 24.6 Å². The maximum absolute atomic E-state index is 11.4. The van der Waals surface area contributed by atoms with Gasteiger partial charge in [0.1, 0.15) is 0 Å². The molecule has 0 saturated carbocycles. The number of esters is 1. The van der Waals surface area contributed by atoms with E-state index in [1.165, 1.54) is 7.11 Å². The number of aromatic nitrogens is 2. The first-order chi connectivity index (χ1) is 7.15. The van der Waals surface area contributed by atoms with Crippen molar-refractivity contribution in [2.24, 2.45) is 0 Å². The van der Waals surface area contributed by atoms with Crippen LogP contribution in [0.5, 0.6) is 0 Å². The van der Waals surface area contributed by atoms with Crippen molar-refractivity contribution in [2.45, 2.75) is 6.92 Å². The number of benzene rings is 1. The van der Waals surface area contributed by atoms with Crippen molar-refractivity contribution < 1.29 is 9.53 Å². The van der Waals surface area contributed by atoms with E-state index in [0.29, 0.717) is 5.69 Å². The number of nitrogens with one attached hydrogen (secondary N) is 1. The Labute approximate surface area is 94.7 Å². The van der Waals surface area contributed by atoms with Gasteiger partial charge >= 0.3 is 5.97 Å². The summed E-state index contributed by atoms with van der Waals surface area (Å²) >= 11 is 3.41. The van der Waals surface area contributed by atoms with Crippen molar-refractivity contribution in [3.8, 4) is 0 Å². The van der Waals surface area contributed by atoms with Crippen molar-refractivity contribution in [2.75, 3.05) is 7.11 Å². The number of halogens is 1. The van der Waals surface area contributed by atoms with Gasteiger partial charge in [-0.15, -0.1) is 0 Å². The Morgan fingerprint density at radius 1 is 1.53 bits per heavy atom. The summed E-state index contributed by atoms with van der Waals surface area (Å²) in [7, 11) is 1.35. The van der Waals surface area contributed by atoms with Gasteiger partial charge in [0, 0.05) is 9.86 Å². The van der Waals surface area contributed by atoms with Crippen LogP contribution in [0.3, 0.4) is 0 Å². The molecule has 15 heavy (non-hydrogen) atoms. The van der Waals surface area contributed by atoms with Gasteiger partial charge in [0.2, 0.25) is 0 Å². The molecule has 1 heterocycles. The maximum Gasteiger partial charge on any atom is 0.356 e. The molecule has 0 amide bonds. The summed E-state index contributed by atoms with van der Waals surface area (Å²) < 4.78 is 5.62. The van der Waals surface area contributed by atoms with Gasteiger partial charge in [0.05, 0.1) is 12.6 Å². The molecule has 1 aromatic carbocycles. The highest BCUT2D eigenvalue weighted by atomic mass is 79.9. The van der Waals surface area contributed by atoms with E-state index in [-0.39, 0.29) is 0 Å². The number of carbonyl (C=O) groups excluding carboxylic acids is 1. The zero-order chi connectivity index (χ0) is 11.0. The van der Waals surface area contributed by atoms with E-state index in [2.05, 4.69) is 30.9 Å². The van der Waals surface area contributed by atoms with Crippen LogP contribution >= 0.6 is 15.9 Å². The first kappa shape index (κ1) is 10.2. The smallest absolute Gasteiger partial charge is 0.356 e. The number of aromatic amines is 1. The van der Waals surface area contributed by atoms with Gasteiger partial charge in [-0.1, -0.05) is 15.9 Å². The van der Waals surface area contributed by atoms with Crippen LogP contribution in [0.15, 0.2) is 16.6 Å². The lowest BCUT2D eigenvalue weighted by Crippen LogP contribution is -2.01. The topological polar surface area (TPSA) is 55.0 Å². The monoisotopic (exact) mass is 268 g/mol. The Bertz CT molecular complexity index is 533. The number of rotatable bonds is 1. The van der Waals surface area contributed by atoms with Crippen LogP contribution in [0, 0.1) is 6.92 Å². The minimum atomic E-state index is -0.403. The number of hydrogen-bond donors (Lipinski definition) is 1. The zero-order valence-electron chi connectivity index (χ0n) is 8.30. The molecule has 0 aliphatic rings. The second-order valence-corrected chi connectivity index (χ2v) is 4.01. The van der Waals surface area contributed by atoms with E-state index in [1.807, 2.05) is 19.1 Å². The Balaban J connectivity index is 2.72. The van der Waals surface area contributed by atoms with Crippen LogP contribution in [-0.2, 0) is 4.74 Å². The maximum atomic E-state index is 11.4. The van der Waals surface area contributed by atoms with Crippen molar-refractivity contribution in [1.82, 2.24) is 10.2 Å². The van der Waals surface area contributed by atoms with Crippen LogP contribution in [0.1, 0.15) is 16.1 Å². The summed E-state index contributed by atoms with van der Waals surface area (Å²) in [6.45, 7) is 1.94. The second-order valence-electron chi connectivity index (χ2n) is 3.16. The second kappa shape index (κ2) is 3.66. The summed E-state index contributed by atoms with van der Waals surface area (Å²) in [5.74, 6) is -0.403. The molecule has 0 aliphatic heterocycles. The number of hydrogen-bond acceptors (Lipinski definition) is 3. The molecule has 1 aromatic heterocycles. The average Bonchev–Trinajstić information content (AvgIpc) is 2.66. The molecular formula is C10H9BrN2O2. The van der Waals surface area contributed by atoms with E-state index in [4.69, 9.17) is 0 Å². The molecule has 2 rings (SSSR count). The molecule has 0 bridgehead atoms. The van der Waals surface area contributed by atoms with Gasteiger partial charge in [-0.3, -0.25) is 5.10 Å². The van der Waals surface area contributed by atoms with E-state index in [9.17, 15) is 4.79 Å². The highest BCUT2D eigenvalue weighted by Gasteiger charge is 2.15. The summed E-state index contributed by atoms with van der Waals surface area (Å²) in [6, 6.07) is 3.72. The predicted molar refractivity (Wildman–Crippen MR) is 59.9 cm³/mol. The highest BCUT2D eigenvalue weighted by Crippen LogP contribution is 2.26. The average molecular weight is 269 g/mol. The van der Waals surface area contributed by atoms with Crippen LogP contribution < -0.4 is 0 Å². The molecule has 0 unspecified atom stereocenters. The number of methoxy groups -OCH3 is 1. The molecular weight excluding hydrogens is 260 g/mol. The summed E-state index contributed by atoms with van der Waals surface area (Å²) in [4.78, 5) is 11.4. The fourth-order valence-corrected chi connectivity index (χ4v) is 1.77. The minimum Gasteiger partial charge on any atom is -0.464 e.